The molecule has 2 nitrogen and oxygen atoms in total. The van der Waals surface area contributed by atoms with Crippen LogP contribution in [0.25, 0.3) is 0 Å². The van der Waals surface area contributed by atoms with Gasteiger partial charge in [0.15, 0.2) is 0 Å². The van der Waals surface area contributed by atoms with Gasteiger partial charge in [0.05, 0.1) is 0 Å². The fourth-order valence-electron chi connectivity index (χ4n) is 1.87. The Morgan fingerprint density at radius 2 is 2.00 bits per heavy atom. The first-order valence-electron chi connectivity index (χ1n) is 5.18. The molecule has 1 aliphatic carbocycles. The number of benzene rings is 1. The van der Waals surface area contributed by atoms with E-state index in [-0.39, 0.29) is 0 Å². The van der Waals surface area contributed by atoms with Crippen LogP contribution in [0.3, 0.4) is 0 Å². The van der Waals surface area contributed by atoms with Crippen molar-refractivity contribution in [2.75, 3.05) is 19.0 Å². The van der Waals surface area contributed by atoms with Crippen molar-refractivity contribution in [1.29, 1.82) is 0 Å². The van der Waals surface area contributed by atoms with Crippen molar-refractivity contribution in [3.63, 3.8) is 0 Å². The molecule has 0 atom stereocenters. The highest BCUT2D eigenvalue weighted by Crippen LogP contribution is 2.41. The van der Waals surface area contributed by atoms with Gasteiger partial charge >= 0.3 is 0 Å². The molecule has 0 radical (unpaired) electrons. The molecule has 0 unspecified atom stereocenters. The molecule has 1 aliphatic rings. The van der Waals surface area contributed by atoms with Crippen molar-refractivity contribution in [2.45, 2.75) is 25.2 Å². The highest BCUT2D eigenvalue weighted by Gasteiger charge is 2.22. The summed E-state index contributed by atoms with van der Waals surface area (Å²) in [6.07, 6.45) is 3.77. The topological polar surface area (TPSA) is 23.5 Å². The number of nitrogens with zero attached hydrogens (tertiary/aromatic N) is 1. The predicted octanol–water partition coefficient (Wildman–Crippen LogP) is 2.73. The van der Waals surface area contributed by atoms with Crippen molar-refractivity contribution in [3.05, 3.63) is 23.8 Å². The summed E-state index contributed by atoms with van der Waals surface area (Å²) < 4.78 is 0. The zero-order chi connectivity index (χ0) is 10.1. The molecule has 76 valence electrons. The van der Waals surface area contributed by atoms with Crippen molar-refractivity contribution in [2.24, 2.45) is 0 Å². The van der Waals surface area contributed by atoms with Crippen LogP contribution >= 0.6 is 0 Å². The van der Waals surface area contributed by atoms with E-state index in [1.54, 1.807) is 0 Å². The van der Waals surface area contributed by atoms with E-state index >= 15 is 0 Å². The largest absolute Gasteiger partial charge is 0.508 e. The van der Waals surface area contributed by atoms with Crippen LogP contribution in [0.15, 0.2) is 18.2 Å². The summed E-state index contributed by atoms with van der Waals surface area (Å²) in [6, 6.07) is 6.00. The van der Waals surface area contributed by atoms with Crippen LogP contribution < -0.4 is 4.90 Å². The monoisotopic (exact) mass is 191 g/mol. The van der Waals surface area contributed by atoms with E-state index in [2.05, 4.69) is 12.1 Å². The normalized spacial score (nSPS) is 16.4. The predicted molar refractivity (Wildman–Crippen MR) is 59.0 cm³/mol. The number of anilines is 1. The van der Waals surface area contributed by atoms with Gasteiger partial charge in [0.25, 0.3) is 0 Å². The average molecular weight is 191 g/mol. The zero-order valence-corrected chi connectivity index (χ0v) is 8.83. The molecule has 2 rings (SSSR count). The number of aromatic hydroxyl groups is 1. The molecule has 1 aromatic carbocycles. The van der Waals surface area contributed by atoms with E-state index < -0.39 is 0 Å². The summed E-state index contributed by atoms with van der Waals surface area (Å²) in [6.45, 7) is 0. The lowest BCUT2D eigenvalue weighted by molar-refractivity contribution is 0.393. The Bertz CT molecular complexity index is 329. The third kappa shape index (κ3) is 1.57. The van der Waals surface area contributed by atoms with Gasteiger partial charge in [-0.1, -0.05) is 12.5 Å². The fourth-order valence-corrected chi connectivity index (χ4v) is 1.87. The second kappa shape index (κ2) is 3.52. The average Bonchev–Trinajstić information content (AvgIpc) is 2.04. The minimum absolute atomic E-state index is 0.459. The van der Waals surface area contributed by atoms with E-state index in [4.69, 9.17) is 0 Å². The molecule has 1 saturated carbocycles. The van der Waals surface area contributed by atoms with Gasteiger partial charge < -0.3 is 10.0 Å². The lowest BCUT2D eigenvalue weighted by Gasteiger charge is -2.27. The highest BCUT2D eigenvalue weighted by molar-refractivity contribution is 5.53. The van der Waals surface area contributed by atoms with Crippen LogP contribution in [0.4, 0.5) is 5.69 Å². The van der Waals surface area contributed by atoms with Crippen molar-refractivity contribution >= 4 is 5.69 Å². The first-order valence-corrected chi connectivity index (χ1v) is 5.18. The van der Waals surface area contributed by atoms with Crippen LogP contribution in [-0.4, -0.2) is 19.2 Å². The second-order valence-corrected chi connectivity index (χ2v) is 4.27. The molecule has 0 bridgehead atoms. The third-order valence-corrected chi connectivity index (χ3v) is 3.08. The van der Waals surface area contributed by atoms with Crippen molar-refractivity contribution < 1.29 is 5.11 Å². The highest BCUT2D eigenvalue weighted by atomic mass is 16.3. The van der Waals surface area contributed by atoms with E-state index in [1.807, 2.05) is 25.1 Å². The fraction of sp³-hybridized carbons (Fsp3) is 0.500. The smallest absolute Gasteiger partial charge is 0.121 e. The Labute approximate surface area is 85.2 Å². The Hall–Kier alpha value is -1.18. The summed E-state index contributed by atoms with van der Waals surface area (Å²) in [5.41, 5.74) is 2.19. The summed E-state index contributed by atoms with van der Waals surface area (Å²) in [5, 5.41) is 9.85. The Kier molecular flexibility index (Phi) is 2.36. The van der Waals surface area contributed by atoms with E-state index in [0.29, 0.717) is 11.7 Å². The third-order valence-electron chi connectivity index (χ3n) is 3.08. The van der Waals surface area contributed by atoms with Crippen LogP contribution in [-0.2, 0) is 0 Å². The van der Waals surface area contributed by atoms with Crippen LogP contribution in [0, 0.1) is 0 Å². The molecule has 0 aromatic heterocycles. The maximum atomic E-state index is 9.85. The lowest BCUT2D eigenvalue weighted by atomic mass is 9.79. The van der Waals surface area contributed by atoms with E-state index in [1.165, 1.54) is 19.3 Å². The van der Waals surface area contributed by atoms with Gasteiger partial charge in [0.1, 0.15) is 5.75 Å². The van der Waals surface area contributed by atoms with Crippen LogP contribution in [0.5, 0.6) is 5.75 Å². The Balaban J connectivity index is 2.26. The molecule has 0 saturated heterocycles. The Morgan fingerprint density at radius 3 is 2.43 bits per heavy atom. The standard InChI is InChI=1S/C12H17NO/c1-13(2)10-6-7-11(12(14)8-10)9-4-3-5-9/h6-9,14H,3-5H2,1-2H3. The van der Waals surface area contributed by atoms with Gasteiger partial charge in [-0.2, -0.15) is 0 Å². The quantitative estimate of drug-likeness (QED) is 0.777. The minimum Gasteiger partial charge on any atom is -0.508 e. The van der Waals surface area contributed by atoms with Gasteiger partial charge in [-0.3, -0.25) is 0 Å². The van der Waals surface area contributed by atoms with Crippen molar-refractivity contribution in [1.82, 2.24) is 0 Å². The van der Waals surface area contributed by atoms with E-state index in [9.17, 15) is 5.11 Å². The summed E-state index contributed by atoms with van der Waals surface area (Å²) in [5.74, 6) is 1.06. The van der Waals surface area contributed by atoms with Gasteiger partial charge in [0, 0.05) is 25.8 Å². The van der Waals surface area contributed by atoms with Crippen LogP contribution in [0.1, 0.15) is 30.7 Å². The molecule has 1 N–H and O–H groups in total. The van der Waals surface area contributed by atoms with Gasteiger partial charge in [-0.15, -0.1) is 0 Å². The van der Waals surface area contributed by atoms with E-state index in [0.717, 1.165) is 11.3 Å². The second-order valence-electron chi connectivity index (χ2n) is 4.27. The van der Waals surface area contributed by atoms with Gasteiger partial charge in [-0.25, -0.2) is 0 Å². The molecular formula is C12H17NO. The molecular weight excluding hydrogens is 174 g/mol. The number of phenols is 1. The lowest BCUT2D eigenvalue weighted by Crippen LogP contribution is -2.11. The van der Waals surface area contributed by atoms with Gasteiger partial charge in [-0.05, 0) is 30.4 Å². The molecule has 14 heavy (non-hydrogen) atoms. The summed E-state index contributed by atoms with van der Waals surface area (Å²) in [7, 11) is 3.97. The maximum Gasteiger partial charge on any atom is 0.121 e. The Morgan fingerprint density at radius 1 is 1.29 bits per heavy atom. The SMILES string of the molecule is CN(C)c1ccc(C2CCC2)c(O)c1. The zero-order valence-electron chi connectivity index (χ0n) is 8.83. The summed E-state index contributed by atoms with van der Waals surface area (Å²) in [4.78, 5) is 2.00. The number of phenolic OH excluding ortho intramolecular Hbond substituents is 1. The van der Waals surface area contributed by atoms with Crippen molar-refractivity contribution in [3.8, 4) is 5.75 Å². The first-order chi connectivity index (χ1) is 6.68. The molecule has 0 amide bonds. The summed E-state index contributed by atoms with van der Waals surface area (Å²) >= 11 is 0. The number of hydrogen-bond acceptors (Lipinski definition) is 2. The number of rotatable bonds is 2. The molecule has 0 heterocycles. The first kappa shape index (κ1) is 9.38. The number of hydrogen-bond donors (Lipinski definition) is 1. The minimum atomic E-state index is 0.459. The molecule has 2 heteroatoms. The molecule has 0 spiro atoms. The molecule has 0 aliphatic heterocycles. The molecule has 1 fully saturated rings. The molecule has 1 aromatic rings. The van der Waals surface area contributed by atoms with Crippen LogP contribution in [0.2, 0.25) is 0 Å². The van der Waals surface area contributed by atoms with Gasteiger partial charge in [0.2, 0.25) is 0 Å². The maximum absolute atomic E-state index is 9.85.